The molecule has 112 valence electrons. The second-order valence-electron chi connectivity index (χ2n) is 5.59. The molecule has 21 heavy (non-hydrogen) atoms. The van der Waals surface area contributed by atoms with Crippen molar-refractivity contribution in [2.75, 3.05) is 12.3 Å². The van der Waals surface area contributed by atoms with Crippen LogP contribution in [0.4, 0.5) is 5.82 Å². The normalized spacial score (nSPS) is 21.2. The van der Waals surface area contributed by atoms with E-state index in [0.29, 0.717) is 17.8 Å². The molecule has 4 nitrogen and oxygen atoms in total. The summed E-state index contributed by atoms with van der Waals surface area (Å²) in [6, 6.07) is 8.19. The Morgan fingerprint density at radius 3 is 2.71 bits per heavy atom. The van der Waals surface area contributed by atoms with Gasteiger partial charge in [0, 0.05) is 22.3 Å². The highest BCUT2D eigenvalue weighted by Gasteiger charge is 2.31. The Kier molecular flexibility index (Phi) is 4.31. The van der Waals surface area contributed by atoms with E-state index in [1.807, 2.05) is 12.1 Å². The van der Waals surface area contributed by atoms with Gasteiger partial charge in [0.25, 0.3) is 0 Å². The molecule has 1 fully saturated rings. The largest absolute Gasteiger partial charge is 0.382 e. The van der Waals surface area contributed by atoms with E-state index >= 15 is 0 Å². The molecule has 1 aliphatic carbocycles. The van der Waals surface area contributed by atoms with Crippen molar-refractivity contribution < 1.29 is 4.74 Å². The molecule has 2 aromatic rings. The molecule has 0 aliphatic heterocycles. The van der Waals surface area contributed by atoms with Crippen LogP contribution in [0.2, 0.25) is 0 Å². The van der Waals surface area contributed by atoms with Gasteiger partial charge in [0.15, 0.2) is 5.82 Å². The maximum atomic E-state index is 6.04. The molecule has 5 heteroatoms. The van der Waals surface area contributed by atoms with Gasteiger partial charge in [0.1, 0.15) is 0 Å². The van der Waals surface area contributed by atoms with Gasteiger partial charge in [-0.2, -0.15) is 5.10 Å². The quantitative estimate of drug-likeness (QED) is 0.863. The molecule has 0 amide bonds. The molecule has 3 N–H and O–H groups in total. The van der Waals surface area contributed by atoms with Crippen molar-refractivity contribution >= 4 is 21.7 Å². The highest BCUT2D eigenvalue weighted by atomic mass is 79.9. The van der Waals surface area contributed by atoms with Crippen LogP contribution in [0.3, 0.4) is 0 Å². The number of anilines is 1. The van der Waals surface area contributed by atoms with E-state index < -0.39 is 0 Å². The standard InChI is InChI=1S/C16H20BrN3O/c1-2-21-13-7-10(8-13)9-14-15(16(18)20-19-14)11-3-5-12(17)6-4-11/h3-6,10,13H,2,7-9H2,1H3,(H3,18,19,20). The first kappa shape index (κ1) is 14.6. The summed E-state index contributed by atoms with van der Waals surface area (Å²) in [5.41, 5.74) is 9.33. The van der Waals surface area contributed by atoms with Crippen molar-refractivity contribution in [1.29, 1.82) is 0 Å². The number of H-pyrrole nitrogens is 1. The molecular weight excluding hydrogens is 330 g/mol. The van der Waals surface area contributed by atoms with Crippen molar-refractivity contribution in [1.82, 2.24) is 10.2 Å². The molecule has 0 bridgehead atoms. The van der Waals surface area contributed by atoms with E-state index in [0.717, 1.165) is 47.2 Å². The molecule has 0 atom stereocenters. The van der Waals surface area contributed by atoms with Crippen molar-refractivity contribution in [2.45, 2.75) is 32.3 Å². The Labute approximate surface area is 133 Å². The molecule has 1 heterocycles. The lowest BCUT2D eigenvalue weighted by Gasteiger charge is -2.34. The number of halogens is 1. The van der Waals surface area contributed by atoms with Gasteiger partial charge in [-0.05, 0) is 49.8 Å². The minimum Gasteiger partial charge on any atom is -0.382 e. The smallest absolute Gasteiger partial charge is 0.153 e. The van der Waals surface area contributed by atoms with Crippen LogP contribution in [-0.4, -0.2) is 22.9 Å². The number of ether oxygens (including phenoxy) is 1. The van der Waals surface area contributed by atoms with Gasteiger partial charge in [-0.25, -0.2) is 0 Å². The van der Waals surface area contributed by atoms with E-state index in [2.05, 4.69) is 45.2 Å². The van der Waals surface area contributed by atoms with E-state index in [1.165, 1.54) is 0 Å². The minimum absolute atomic E-state index is 0.441. The van der Waals surface area contributed by atoms with Crippen LogP contribution in [0.1, 0.15) is 25.5 Å². The summed E-state index contributed by atoms with van der Waals surface area (Å²) in [7, 11) is 0. The summed E-state index contributed by atoms with van der Waals surface area (Å²) in [5.74, 6) is 1.24. The number of rotatable bonds is 5. The zero-order valence-electron chi connectivity index (χ0n) is 12.1. The number of nitrogen functional groups attached to an aromatic ring is 1. The number of nitrogens with two attached hydrogens (primary N) is 1. The van der Waals surface area contributed by atoms with Crippen LogP contribution in [0.15, 0.2) is 28.7 Å². The fourth-order valence-electron chi connectivity index (χ4n) is 2.98. The summed E-state index contributed by atoms with van der Waals surface area (Å²) in [6.07, 6.45) is 3.69. The SMILES string of the molecule is CCOC1CC(Cc2[nH]nc(N)c2-c2ccc(Br)cc2)C1. The van der Waals surface area contributed by atoms with Crippen LogP contribution >= 0.6 is 15.9 Å². The molecule has 0 radical (unpaired) electrons. The van der Waals surface area contributed by atoms with Crippen molar-refractivity contribution in [2.24, 2.45) is 5.92 Å². The van der Waals surface area contributed by atoms with Gasteiger partial charge in [0.2, 0.25) is 0 Å². The van der Waals surface area contributed by atoms with Crippen molar-refractivity contribution in [3.05, 3.63) is 34.4 Å². The molecule has 0 saturated heterocycles. The lowest BCUT2D eigenvalue weighted by Crippen LogP contribution is -2.32. The molecule has 1 aromatic carbocycles. The summed E-state index contributed by atoms with van der Waals surface area (Å²) >= 11 is 3.46. The zero-order chi connectivity index (χ0) is 14.8. The number of aromatic amines is 1. The van der Waals surface area contributed by atoms with Gasteiger partial charge in [-0.1, -0.05) is 28.1 Å². The first-order valence-electron chi connectivity index (χ1n) is 7.37. The maximum Gasteiger partial charge on any atom is 0.153 e. The predicted octanol–water partition coefficient (Wildman–Crippen LogP) is 3.78. The van der Waals surface area contributed by atoms with Crippen LogP contribution in [0.25, 0.3) is 11.1 Å². The first-order chi connectivity index (χ1) is 10.2. The van der Waals surface area contributed by atoms with Crippen molar-refractivity contribution in [3.63, 3.8) is 0 Å². The molecule has 3 rings (SSSR count). The molecule has 1 saturated carbocycles. The van der Waals surface area contributed by atoms with E-state index in [4.69, 9.17) is 10.5 Å². The Morgan fingerprint density at radius 1 is 1.33 bits per heavy atom. The van der Waals surface area contributed by atoms with Crippen LogP contribution in [0.5, 0.6) is 0 Å². The van der Waals surface area contributed by atoms with Gasteiger partial charge in [-0.3, -0.25) is 5.10 Å². The van der Waals surface area contributed by atoms with Gasteiger partial charge in [0.05, 0.1) is 6.10 Å². The summed E-state index contributed by atoms with van der Waals surface area (Å²) in [4.78, 5) is 0. The third-order valence-electron chi connectivity index (χ3n) is 4.09. The molecule has 1 aromatic heterocycles. The number of aromatic nitrogens is 2. The number of hydrogen-bond acceptors (Lipinski definition) is 3. The molecular formula is C16H20BrN3O. The van der Waals surface area contributed by atoms with E-state index in [1.54, 1.807) is 0 Å². The molecule has 0 unspecified atom stereocenters. The second-order valence-corrected chi connectivity index (χ2v) is 6.50. The van der Waals surface area contributed by atoms with Gasteiger partial charge in [-0.15, -0.1) is 0 Å². The predicted molar refractivity (Wildman–Crippen MR) is 88.0 cm³/mol. The number of nitrogens with one attached hydrogen (secondary N) is 1. The van der Waals surface area contributed by atoms with Gasteiger partial charge < -0.3 is 10.5 Å². The maximum absolute atomic E-state index is 6.04. The Bertz CT molecular complexity index is 602. The van der Waals surface area contributed by atoms with E-state index in [9.17, 15) is 0 Å². The monoisotopic (exact) mass is 349 g/mol. The van der Waals surface area contributed by atoms with Gasteiger partial charge >= 0.3 is 0 Å². The van der Waals surface area contributed by atoms with Crippen LogP contribution in [0, 0.1) is 5.92 Å². The highest BCUT2D eigenvalue weighted by molar-refractivity contribution is 9.10. The Hall–Kier alpha value is -1.33. The number of benzene rings is 1. The lowest BCUT2D eigenvalue weighted by molar-refractivity contribution is -0.0242. The molecule has 0 spiro atoms. The third-order valence-corrected chi connectivity index (χ3v) is 4.62. The number of hydrogen-bond donors (Lipinski definition) is 2. The summed E-state index contributed by atoms with van der Waals surface area (Å²) in [5, 5.41) is 7.30. The number of nitrogens with zero attached hydrogens (tertiary/aromatic N) is 1. The molecule has 1 aliphatic rings. The zero-order valence-corrected chi connectivity index (χ0v) is 13.7. The summed E-state index contributed by atoms with van der Waals surface area (Å²) < 4.78 is 6.69. The Morgan fingerprint density at radius 2 is 2.05 bits per heavy atom. The minimum atomic E-state index is 0.441. The second kappa shape index (κ2) is 6.20. The van der Waals surface area contributed by atoms with Crippen molar-refractivity contribution in [3.8, 4) is 11.1 Å². The topological polar surface area (TPSA) is 63.9 Å². The third kappa shape index (κ3) is 3.14. The average molecular weight is 350 g/mol. The first-order valence-corrected chi connectivity index (χ1v) is 8.17. The summed E-state index contributed by atoms with van der Waals surface area (Å²) in [6.45, 7) is 2.85. The fourth-order valence-corrected chi connectivity index (χ4v) is 3.25. The van der Waals surface area contributed by atoms with Crippen LogP contribution in [-0.2, 0) is 11.2 Å². The average Bonchev–Trinajstić information content (AvgIpc) is 2.79. The fraction of sp³-hybridized carbons (Fsp3) is 0.438. The van der Waals surface area contributed by atoms with E-state index in [-0.39, 0.29) is 0 Å². The lowest BCUT2D eigenvalue weighted by atomic mass is 9.78. The highest BCUT2D eigenvalue weighted by Crippen LogP contribution is 2.36. The van der Waals surface area contributed by atoms with Crippen LogP contribution < -0.4 is 5.73 Å². The Balaban J connectivity index is 1.74.